The minimum absolute atomic E-state index is 0.619. The first-order chi connectivity index (χ1) is 19.9. The largest absolute Gasteiger partial charge is 0.248 e. The fourth-order valence-electron chi connectivity index (χ4n) is 6.95. The van der Waals surface area contributed by atoms with Crippen LogP contribution < -0.4 is 0 Å². The molecule has 5 heterocycles. The van der Waals surface area contributed by atoms with Crippen molar-refractivity contribution < 1.29 is 0 Å². The maximum atomic E-state index is 7.14. The third-order valence-corrected chi connectivity index (χ3v) is 9.23. The first-order valence-electron chi connectivity index (χ1n) is 15.7. The Labute approximate surface area is 251 Å². The van der Waals surface area contributed by atoms with Crippen molar-refractivity contribution in [1.29, 1.82) is 0 Å². The Hall–Kier alpha value is -3.11. The van der Waals surface area contributed by atoms with Crippen molar-refractivity contribution in [3.05, 3.63) is 90.6 Å². The Morgan fingerprint density at radius 3 is 1.39 bits per heavy atom. The minimum Gasteiger partial charge on any atom is -0.248 e. The van der Waals surface area contributed by atoms with Gasteiger partial charge in [-0.05, 0) is 103 Å². The summed E-state index contributed by atoms with van der Waals surface area (Å²) in [5.41, 5.74) is 18.2. The van der Waals surface area contributed by atoms with Gasteiger partial charge in [-0.15, -0.1) is 0 Å². The van der Waals surface area contributed by atoms with Crippen molar-refractivity contribution >= 4 is 34.4 Å². The van der Waals surface area contributed by atoms with E-state index in [1.807, 2.05) is 12.2 Å². The average molecular weight is 567 g/mol. The molecular weight excluding hydrogens is 524 g/mol. The van der Waals surface area contributed by atoms with Gasteiger partial charge in [-0.1, -0.05) is 67.0 Å². The zero-order valence-corrected chi connectivity index (χ0v) is 26.8. The lowest BCUT2D eigenvalue weighted by Crippen LogP contribution is -2.07. The topological polar surface area (TPSA) is 49.4 Å². The average Bonchev–Trinajstić information content (AvgIpc) is 3.76. The molecule has 5 aliphatic rings. The Bertz CT molecular complexity index is 1580. The summed E-state index contributed by atoms with van der Waals surface area (Å²) < 4.78 is 0. The number of fused-ring (bicyclic) bond motifs is 4. The zero-order chi connectivity index (χ0) is 29.4. The molecule has 0 spiro atoms. The van der Waals surface area contributed by atoms with Crippen molar-refractivity contribution in [2.24, 2.45) is 20.0 Å². The van der Waals surface area contributed by atoms with E-state index in [1.165, 1.54) is 44.6 Å². The summed E-state index contributed by atoms with van der Waals surface area (Å²) in [6, 6.07) is 0. The van der Waals surface area contributed by atoms with E-state index in [0.29, 0.717) is 5.03 Å². The van der Waals surface area contributed by atoms with Gasteiger partial charge >= 0.3 is 0 Å². The van der Waals surface area contributed by atoms with Gasteiger partial charge < -0.3 is 0 Å². The number of rotatable bonds is 8. The molecule has 0 aromatic carbocycles. The van der Waals surface area contributed by atoms with Gasteiger partial charge in [0.1, 0.15) is 0 Å². The van der Waals surface area contributed by atoms with Crippen LogP contribution >= 0.6 is 11.6 Å². The molecule has 0 saturated carbocycles. The summed E-state index contributed by atoms with van der Waals surface area (Å²) in [6.07, 6.45) is 13.4. The van der Waals surface area contributed by atoms with E-state index in [1.54, 1.807) is 0 Å². The molecule has 0 aromatic heterocycles. The van der Waals surface area contributed by atoms with Crippen LogP contribution in [0, 0.1) is 0 Å². The summed E-state index contributed by atoms with van der Waals surface area (Å²) in [7, 11) is 0. The van der Waals surface area contributed by atoms with Crippen LogP contribution in [0.1, 0.15) is 107 Å². The van der Waals surface area contributed by atoms with Gasteiger partial charge in [0.05, 0.1) is 50.7 Å². The molecule has 0 aliphatic carbocycles. The molecule has 0 N–H and O–H groups in total. The maximum Gasteiger partial charge on any atom is 0.0922 e. The van der Waals surface area contributed by atoms with E-state index in [2.05, 4.69) is 61.5 Å². The van der Waals surface area contributed by atoms with E-state index in [4.69, 9.17) is 31.6 Å². The fourth-order valence-corrected chi connectivity index (χ4v) is 7.21. The highest BCUT2D eigenvalue weighted by molar-refractivity contribution is 6.47. The highest BCUT2D eigenvalue weighted by Gasteiger charge is 2.34. The summed E-state index contributed by atoms with van der Waals surface area (Å²) >= 11 is 7.14. The lowest BCUT2D eigenvalue weighted by Gasteiger charge is -2.14. The Kier molecular flexibility index (Phi) is 8.61. The Morgan fingerprint density at radius 2 is 0.878 bits per heavy atom. The molecule has 214 valence electrons. The number of halogens is 1. The molecular formula is C36H43ClN4. The summed E-state index contributed by atoms with van der Waals surface area (Å²) in [5, 5.41) is 0.619. The van der Waals surface area contributed by atoms with Crippen LogP contribution in [0.15, 0.2) is 111 Å². The Balaban J connectivity index is 1.94. The number of nitrogens with zero attached hydrogens (tertiary/aromatic N) is 4. The van der Waals surface area contributed by atoms with Crippen LogP contribution in [0.4, 0.5) is 0 Å². The van der Waals surface area contributed by atoms with E-state index >= 15 is 0 Å². The number of hydrogen-bond acceptors (Lipinski definition) is 4. The van der Waals surface area contributed by atoms with Gasteiger partial charge in [-0.2, -0.15) is 0 Å². The van der Waals surface area contributed by atoms with E-state index in [-0.39, 0.29) is 0 Å². The predicted molar refractivity (Wildman–Crippen MR) is 177 cm³/mol. The van der Waals surface area contributed by atoms with Gasteiger partial charge in [0.15, 0.2) is 0 Å². The highest BCUT2D eigenvalue weighted by atomic mass is 35.5. The van der Waals surface area contributed by atoms with E-state index < -0.39 is 0 Å². The van der Waals surface area contributed by atoms with Gasteiger partial charge in [0.25, 0.3) is 0 Å². The standard InChI is InChI=1S/C36H43ClN4/c1-9-21-22(10-2)32-27(15-7)33-23(11-3)24(12-4)34(40-33)28(16-8)35-25(13-5)26(14-6)36(41-35)31(37)29-18-17-20(38-29)19-30(21)39-32/h17-19H,9-16H2,1-8H3. The van der Waals surface area contributed by atoms with E-state index in [0.717, 1.165) is 97.0 Å². The second kappa shape index (κ2) is 12.0. The normalized spacial score (nSPS) is 20.7. The van der Waals surface area contributed by atoms with Crippen LogP contribution in [0.25, 0.3) is 0 Å². The quantitative estimate of drug-likeness (QED) is 0.280. The van der Waals surface area contributed by atoms with Crippen LogP contribution in [0.3, 0.4) is 0 Å². The zero-order valence-electron chi connectivity index (χ0n) is 26.1. The molecule has 0 saturated heterocycles. The summed E-state index contributed by atoms with van der Waals surface area (Å²) in [5.74, 6) is 0. The molecule has 5 rings (SSSR count). The number of hydrogen-bond donors (Lipinski definition) is 0. The summed E-state index contributed by atoms with van der Waals surface area (Å²) in [4.78, 5) is 21.1. The maximum absolute atomic E-state index is 7.14. The molecule has 0 unspecified atom stereocenters. The molecule has 0 aromatic rings. The van der Waals surface area contributed by atoms with Crippen molar-refractivity contribution in [1.82, 2.24) is 0 Å². The lowest BCUT2D eigenvalue weighted by molar-refractivity contribution is 1.02. The molecule has 8 bridgehead atoms. The van der Waals surface area contributed by atoms with Crippen molar-refractivity contribution in [2.45, 2.75) is 107 Å². The number of aliphatic imine (C=N–C) groups is 4. The first kappa shape index (κ1) is 29.4. The van der Waals surface area contributed by atoms with Gasteiger partial charge in [-0.3, -0.25) is 0 Å². The van der Waals surface area contributed by atoms with Crippen molar-refractivity contribution in [2.75, 3.05) is 0 Å². The third kappa shape index (κ3) is 4.69. The van der Waals surface area contributed by atoms with Crippen molar-refractivity contribution in [3.8, 4) is 0 Å². The summed E-state index contributed by atoms with van der Waals surface area (Å²) in [6.45, 7) is 17.9. The first-order valence-corrected chi connectivity index (χ1v) is 16.1. The molecule has 0 amide bonds. The van der Waals surface area contributed by atoms with E-state index in [9.17, 15) is 0 Å². The molecule has 0 atom stereocenters. The van der Waals surface area contributed by atoms with Gasteiger partial charge in [0.2, 0.25) is 0 Å². The second-order valence-electron chi connectivity index (χ2n) is 10.8. The minimum atomic E-state index is 0.619. The predicted octanol–water partition coefficient (Wildman–Crippen LogP) is 10.4. The highest BCUT2D eigenvalue weighted by Crippen LogP contribution is 2.44. The molecule has 0 radical (unpaired) electrons. The Morgan fingerprint density at radius 1 is 0.439 bits per heavy atom. The van der Waals surface area contributed by atoms with Crippen molar-refractivity contribution in [3.63, 3.8) is 0 Å². The monoisotopic (exact) mass is 566 g/mol. The third-order valence-electron chi connectivity index (χ3n) is 8.86. The number of allylic oxidation sites excluding steroid dienone is 12. The molecule has 4 nitrogen and oxygen atoms in total. The smallest absolute Gasteiger partial charge is 0.0922 e. The van der Waals surface area contributed by atoms with Crippen LogP contribution in [0.2, 0.25) is 0 Å². The van der Waals surface area contributed by atoms with Gasteiger partial charge in [-0.25, -0.2) is 20.0 Å². The van der Waals surface area contributed by atoms with Crippen LogP contribution in [-0.4, -0.2) is 22.8 Å². The molecule has 5 heteroatoms. The SMILES string of the molecule is CCC1=C(CC)C2=C(CC)C3=NC(=C(CC)C4=NC(=C(Cl)C5=NC(=CC1=N2)C=C5)C(CC)=C4CC)C(CC)=C3CC. The van der Waals surface area contributed by atoms with Gasteiger partial charge in [0, 0.05) is 11.1 Å². The fraction of sp³-hybridized carbons (Fsp3) is 0.444. The van der Waals surface area contributed by atoms with Crippen LogP contribution in [0.5, 0.6) is 0 Å². The molecule has 0 fully saturated rings. The second-order valence-corrected chi connectivity index (χ2v) is 11.2. The lowest BCUT2D eigenvalue weighted by atomic mass is 9.88. The molecule has 5 aliphatic heterocycles. The van der Waals surface area contributed by atoms with Crippen LogP contribution in [-0.2, 0) is 0 Å². The molecule has 41 heavy (non-hydrogen) atoms.